The zero-order chi connectivity index (χ0) is 9.68. The monoisotopic (exact) mass is 197 g/mol. The quantitative estimate of drug-likeness (QED) is 0.590. The molecule has 13 heavy (non-hydrogen) atoms. The molecule has 0 aromatic carbocycles. The fourth-order valence-electron chi connectivity index (χ4n) is 0.924. The minimum absolute atomic E-state index is 0.730. The molecule has 0 aliphatic heterocycles. The van der Waals surface area contributed by atoms with Crippen molar-refractivity contribution in [3.8, 4) is 0 Å². The van der Waals surface area contributed by atoms with Gasteiger partial charge in [0, 0.05) is 30.5 Å². The van der Waals surface area contributed by atoms with Gasteiger partial charge in [-0.25, -0.2) is 4.98 Å². The maximum atomic E-state index is 5.58. The normalized spacial score (nSPS) is 12.0. The molecule has 0 saturated carbocycles. The molecule has 0 atom stereocenters. The summed E-state index contributed by atoms with van der Waals surface area (Å²) in [7, 11) is 0. The van der Waals surface area contributed by atoms with Crippen molar-refractivity contribution in [2.75, 3.05) is 6.54 Å². The van der Waals surface area contributed by atoms with E-state index in [9.17, 15) is 0 Å². The summed E-state index contributed by atoms with van der Waals surface area (Å²) < 4.78 is 0. The van der Waals surface area contributed by atoms with Gasteiger partial charge in [0.2, 0.25) is 0 Å². The molecule has 4 heteroatoms. The average Bonchev–Trinajstić information content (AvgIpc) is 2.51. The summed E-state index contributed by atoms with van der Waals surface area (Å²) in [4.78, 5) is 8.55. The maximum Gasteiger partial charge on any atom is 0.0946 e. The van der Waals surface area contributed by atoms with Crippen molar-refractivity contribution >= 4 is 17.2 Å². The summed E-state index contributed by atoms with van der Waals surface area (Å²) in [6.07, 6.45) is 1.73. The molecule has 2 N–H and O–H groups in total. The number of aryl methyl sites for hydroxylation is 1. The van der Waals surface area contributed by atoms with E-state index >= 15 is 0 Å². The lowest BCUT2D eigenvalue weighted by Crippen LogP contribution is -2.10. The lowest BCUT2D eigenvalue weighted by Gasteiger charge is -1.94. The molecule has 0 amide bonds. The van der Waals surface area contributed by atoms with Gasteiger partial charge in [0.1, 0.15) is 0 Å². The molecule has 0 unspecified atom stereocenters. The fraction of sp³-hybridized carbons (Fsp3) is 0.556. The molecule has 0 bridgehead atoms. The molecule has 1 aromatic rings. The zero-order valence-electron chi connectivity index (χ0n) is 8.08. The predicted molar refractivity (Wildman–Crippen MR) is 57.3 cm³/mol. The van der Waals surface area contributed by atoms with E-state index in [-0.39, 0.29) is 0 Å². The smallest absolute Gasteiger partial charge is 0.0946 e. The first-order valence-corrected chi connectivity index (χ1v) is 5.30. The molecule has 1 rings (SSSR count). The SMILES string of the molecule is CCC(N)=NCCc1nc(C)cs1. The van der Waals surface area contributed by atoms with Crippen LogP contribution in [0.5, 0.6) is 0 Å². The summed E-state index contributed by atoms with van der Waals surface area (Å²) in [6.45, 7) is 4.77. The van der Waals surface area contributed by atoms with E-state index in [0.29, 0.717) is 0 Å². The van der Waals surface area contributed by atoms with Crippen molar-refractivity contribution in [3.05, 3.63) is 16.1 Å². The van der Waals surface area contributed by atoms with Crippen molar-refractivity contribution in [1.82, 2.24) is 4.98 Å². The first-order chi connectivity index (χ1) is 6.22. The molecular formula is C9H15N3S. The van der Waals surface area contributed by atoms with Gasteiger partial charge in [-0.15, -0.1) is 11.3 Å². The minimum Gasteiger partial charge on any atom is -0.387 e. The largest absolute Gasteiger partial charge is 0.387 e. The van der Waals surface area contributed by atoms with Crippen LogP contribution in [0.2, 0.25) is 0 Å². The van der Waals surface area contributed by atoms with Crippen LogP contribution >= 0.6 is 11.3 Å². The van der Waals surface area contributed by atoms with Gasteiger partial charge in [-0.3, -0.25) is 4.99 Å². The van der Waals surface area contributed by atoms with Crippen LogP contribution in [0.15, 0.2) is 10.4 Å². The third-order valence-electron chi connectivity index (χ3n) is 1.67. The first kappa shape index (κ1) is 10.2. The Morgan fingerprint density at radius 1 is 1.69 bits per heavy atom. The third kappa shape index (κ3) is 3.55. The zero-order valence-corrected chi connectivity index (χ0v) is 8.90. The highest BCUT2D eigenvalue weighted by Gasteiger charge is 1.97. The van der Waals surface area contributed by atoms with E-state index in [0.717, 1.165) is 35.9 Å². The van der Waals surface area contributed by atoms with Crippen molar-refractivity contribution in [2.45, 2.75) is 26.7 Å². The predicted octanol–water partition coefficient (Wildman–Crippen LogP) is 1.76. The topological polar surface area (TPSA) is 51.3 Å². The van der Waals surface area contributed by atoms with Crippen LogP contribution < -0.4 is 5.73 Å². The lowest BCUT2D eigenvalue weighted by molar-refractivity contribution is 0.936. The summed E-state index contributed by atoms with van der Waals surface area (Å²) in [5.41, 5.74) is 6.67. The molecule has 0 spiro atoms. The van der Waals surface area contributed by atoms with Gasteiger partial charge in [-0.05, 0) is 6.92 Å². The maximum absolute atomic E-state index is 5.58. The van der Waals surface area contributed by atoms with Crippen LogP contribution in [0, 0.1) is 6.92 Å². The van der Waals surface area contributed by atoms with Gasteiger partial charge in [0.15, 0.2) is 0 Å². The minimum atomic E-state index is 0.730. The van der Waals surface area contributed by atoms with E-state index in [2.05, 4.69) is 15.4 Å². The summed E-state index contributed by atoms with van der Waals surface area (Å²) >= 11 is 1.69. The highest BCUT2D eigenvalue weighted by atomic mass is 32.1. The number of thiazole rings is 1. The molecule has 72 valence electrons. The van der Waals surface area contributed by atoms with Crippen molar-refractivity contribution in [3.63, 3.8) is 0 Å². The second-order valence-corrected chi connectivity index (χ2v) is 3.80. The Kier molecular flexibility index (Phi) is 3.89. The number of nitrogens with zero attached hydrogens (tertiary/aromatic N) is 2. The Bertz CT molecular complexity index is 291. The lowest BCUT2D eigenvalue weighted by atomic mass is 10.4. The van der Waals surface area contributed by atoms with E-state index in [1.54, 1.807) is 11.3 Å². The fourth-order valence-corrected chi connectivity index (χ4v) is 1.69. The Labute approximate surface area is 82.7 Å². The van der Waals surface area contributed by atoms with Crippen molar-refractivity contribution in [2.24, 2.45) is 10.7 Å². The molecule has 0 saturated heterocycles. The molecule has 0 fully saturated rings. The number of nitrogens with two attached hydrogens (primary N) is 1. The highest BCUT2D eigenvalue weighted by Crippen LogP contribution is 2.08. The van der Waals surface area contributed by atoms with E-state index in [4.69, 9.17) is 5.73 Å². The number of hydrogen-bond acceptors (Lipinski definition) is 3. The molecule has 1 aromatic heterocycles. The Morgan fingerprint density at radius 2 is 2.46 bits per heavy atom. The van der Waals surface area contributed by atoms with E-state index in [1.807, 2.05) is 13.8 Å². The van der Waals surface area contributed by atoms with Gasteiger partial charge in [0.05, 0.1) is 10.8 Å². The van der Waals surface area contributed by atoms with Gasteiger partial charge < -0.3 is 5.73 Å². The molecule has 3 nitrogen and oxygen atoms in total. The van der Waals surface area contributed by atoms with Crippen LogP contribution in [-0.2, 0) is 6.42 Å². The van der Waals surface area contributed by atoms with Crippen LogP contribution in [0.3, 0.4) is 0 Å². The van der Waals surface area contributed by atoms with Crippen LogP contribution in [0.4, 0.5) is 0 Å². The summed E-state index contributed by atoms with van der Waals surface area (Å²) in [5, 5.41) is 3.20. The van der Waals surface area contributed by atoms with Gasteiger partial charge in [0.25, 0.3) is 0 Å². The van der Waals surface area contributed by atoms with E-state index < -0.39 is 0 Å². The van der Waals surface area contributed by atoms with Crippen molar-refractivity contribution < 1.29 is 0 Å². The number of aromatic nitrogens is 1. The van der Waals surface area contributed by atoms with E-state index in [1.165, 1.54) is 0 Å². The average molecular weight is 197 g/mol. The van der Waals surface area contributed by atoms with Crippen molar-refractivity contribution in [1.29, 1.82) is 0 Å². The molecular weight excluding hydrogens is 182 g/mol. The van der Waals surface area contributed by atoms with Gasteiger partial charge >= 0.3 is 0 Å². The molecule has 0 aliphatic rings. The molecule has 0 aliphatic carbocycles. The second-order valence-electron chi connectivity index (χ2n) is 2.86. The second kappa shape index (κ2) is 4.97. The number of amidine groups is 1. The number of rotatable bonds is 4. The highest BCUT2D eigenvalue weighted by molar-refractivity contribution is 7.09. The van der Waals surface area contributed by atoms with Gasteiger partial charge in [-0.2, -0.15) is 0 Å². The molecule has 0 radical (unpaired) electrons. The third-order valence-corrected chi connectivity index (χ3v) is 2.70. The van der Waals surface area contributed by atoms with Crippen LogP contribution in [-0.4, -0.2) is 17.4 Å². The van der Waals surface area contributed by atoms with Crippen LogP contribution in [0.1, 0.15) is 24.0 Å². The Hall–Kier alpha value is -0.900. The summed E-state index contributed by atoms with van der Waals surface area (Å²) in [5.74, 6) is 0.730. The number of aliphatic imine (C=N–C) groups is 1. The first-order valence-electron chi connectivity index (χ1n) is 4.42. The Morgan fingerprint density at radius 3 is 3.00 bits per heavy atom. The summed E-state index contributed by atoms with van der Waals surface area (Å²) in [6, 6.07) is 0. The van der Waals surface area contributed by atoms with Crippen LogP contribution in [0.25, 0.3) is 0 Å². The Balaban J connectivity index is 2.35. The van der Waals surface area contributed by atoms with Gasteiger partial charge in [-0.1, -0.05) is 6.92 Å². The standard InChI is InChI=1S/C9H15N3S/c1-3-8(10)11-5-4-9-12-7(2)6-13-9/h6H,3-5H2,1-2H3,(H2,10,11). The molecule has 1 heterocycles. The number of hydrogen-bond donors (Lipinski definition) is 1.